The predicted octanol–water partition coefficient (Wildman–Crippen LogP) is 1.41. The van der Waals surface area contributed by atoms with Gasteiger partial charge >= 0.3 is 0 Å². The van der Waals surface area contributed by atoms with Crippen LogP contribution in [0.2, 0.25) is 0 Å². The van der Waals surface area contributed by atoms with Crippen LogP contribution in [0.15, 0.2) is 23.1 Å². The van der Waals surface area contributed by atoms with Crippen molar-refractivity contribution in [2.24, 2.45) is 0 Å². The molecule has 0 aliphatic rings. The number of hydrogen-bond acceptors (Lipinski definition) is 3. The molecule has 1 heterocycles. The first kappa shape index (κ1) is 11.0. The maximum atomic E-state index is 11.5. The second-order valence-corrected chi connectivity index (χ2v) is 3.15. The van der Waals surface area contributed by atoms with Gasteiger partial charge in [-0.1, -0.05) is 0 Å². The Bertz CT molecular complexity index is 462. The van der Waals surface area contributed by atoms with Gasteiger partial charge in [0.2, 0.25) is 0 Å². The predicted molar refractivity (Wildman–Crippen MR) is 54.9 cm³/mol. The molecule has 0 radical (unpaired) electrons. The average molecular weight is 201 g/mol. The molecule has 1 aromatic rings. The second-order valence-electron chi connectivity index (χ2n) is 3.15. The Labute approximate surface area is 88.0 Å². The van der Waals surface area contributed by atoms with Crippen molar-refractivity contribution < 1.29 is 0 Å². The minimum absolute atomic E-state index is 0.165. The highest BCUT2D eigenvalue weighted by Gasteiger charge is 2.00. The van der Waals surface area contributed by atoms with E-state index in [1.807, 2.05) is 6.07 Å². The van der Waals surface area contributed by atoms with Gasteiger partial charge in [0.15, 0.2) is 0 Å². The van der Waals surface area contributed by atoms with Crippen molar-refractivity contribution >= 4 is 0 Å². The van der Waals surface area contributed by atoms with Gasteiger partial charge in [-0.15, -0.1) is 0 Å². The number of nitriles is 2. The molecule has 0 saturated heterocycles. The van der Waals surface area contributed by atoms with Gasteiger partial charge in [0, 0.05) is 19.2 Å². The van der Waals surface area contributed by atoms with Crippen LogP contribution in [-0.4, -0.2) is 4.57 Å². The molecule has 0 saturated carbocycles. The van der Waals surface area contributed by atoms with Gasteiger partial charge in [0.05, 0.1) is 6.07 Å². The van der Waals surface area contributed by atoms with Crippen LogP contribution in [0.1, 0.15) is 24.8 Å². The lowest BCUT2D eigenvalue weighted by Crippen LogP contribution is -2.21. The van der Waals surface area contributed by atoms with E-state index in [0.29, 0.717) is 13.0 Å². The molecule has 0 aliphatic carbocycles. The molecular formula is C11H11N3O. The van der Waals surface area contributed by atoms with Crippen molar-refractivity contribution in [3.8, 4) is 12.1 Å². The largest absolute Gasteiger partial charge is 0.314 e. The van der Waals surface area contributed by atoms with Gasteiger partial charge < -0.3 is 4.57 Å². The number of nitrogens with zero attached hydrogens (tertiary/aromatic N) is 3. The fraction of sp³-hybridized carbons (Fsp3) is 0.364. The van der Waals surface area contributed by atoms with Crippen molar-refractivity contribution in [2.75, 3.05) is 0 Å². The van der Waals surface area contributed by atoms with Crippen molar-refractivity contribution in [1.29, 1.82) is 10.5 Å². The van der Waals surface area contributed by atoms with Crippen LogP contribution >= 0.6 is 0 Å². The lowest BCUT2D eigenvalue weighted by atomic mass is 10.2. The number of aryl methyl sites for hydroxylation is 1. The summed E-state index contributed by atoms with van der Waals surface area (Å²) in [7, 11) is 0. The quantitative estimate of drug-likeness (QED) is 0.691. The summed E-state index contributed by atoms with van der Waals surface area (Å²) in [6.45, 7) is 0.566. The van der Waals surface area contributed by atoms with Crippen molar-refractivity contribution in [3.05, 3.63) is 34.2 Å². The first-order valence-electron chi connectivity index (χ1n) is 4.76. The highest BCUT2D eigenvalue weighted by molar-refractivity contribution is 5.24. The molecule has 0 atom stereocenters. The summed E-state index contributed by atoms with van der Waals surface area (Å²) >= 11 is 0. The van der Waals surface area contributed by atoms with Gasteiger partial charge in [-0.2, -0.15) is 10.5 Å². The number of rotatable bonds is 4. The number of hydrogen-bond donors (Lipinski definition) is 0. The third-order valence-electron chi connectivity index (χ3n) is 2.08. The topological polar surface area (TPSA) is 69.6 Å². The van der Waals surface area contributed by atoms with E-state index in [0.717, 1.165) is 12.8 Å². The zero-order chi connectivity index (χ0) is 11.1. The molecule has 0 amide bonds. The van der Waals surface area contributed by atoms with Crippen molar-refractivity contribution in [2.45, 2.75) is 25.8 Å². The summed E-state index contributed by atoms with van der Waals surface area (Å²) in [6.07, 6.45) is 3.73. The Kier molecular flexibility index (Phi) is 4.12. The normalized spacial score (nSPS) is 9.20. The van der Waals surface area contributed by atoms with E-state index in [4.69, 9.17) is 10.5 Å². The lowest BCUT2D eigenvalue weighted by molar-refractivity contribution is 0.598. The van der Waals surface area contributed by atoms with Gasteiger partial charge in [-0.25, -0.2) is 0 Å². The van der Waals surface area contributed by atoms with Crippen LogP contribution in [0.5, 0.6) is 0 Å². The van der Waals surface area contributed by atoms with E-state index in [1.54, 1.807) is 12.3 Å². The smallest absolute Gasteiger partial charge is 0.268 e. The fourth-order valence-corrected chi connectivity index (χ4v) is 1.28. The van der Waals surface area contributed by atoms with E-state index in [-0.39, 0.29) is 11.1 Å². The molecule has 15 heavy (non-hydrogen) atoms. The van der Waals surface area contributed by atoms with Crippen LogP contribution in [0.3, 0.4) is 0 Å². The maximum Gasteiger partial charge on any atom is 0.268 e. The molecule has 4 heteroatoms. The molecule has 1 aromatic heterocycles. The van der Waals surface area contributed by atoms with E-state index in [1.165, 1.54) is 10.6 Å². The molecule has 0 aliphatic heterocycles. The van der Waals surface area contributed by atoms with Crippen molar-refractivity contribution in [3.63, 3.8) is 0 Å². The molecular weight excluding hydrogens is 190 g/mol. The fourth-order valence-electron chi connectivity index (χ4n) is 1.28. The standard InChI is InChI=1S/C11H11N3O/c12-6-2-1-3-7-14-8-4-5-10(9-13)11(14)15/h4-5,8H,1-3,7H2. The van der Waals surface area contributed by atoms with E-state index < -0.39 is 0 Å². The molecule has 0 N–H and O–H groups in total. The summed E-state index contributed by atoms with van der Waals surface area (Å²) in [5, 5.41) is 17.0. The molecule has 0 bridgehead atoms. The summed E-state index contributed by atoms with van der Waals surface area (Å²) in [5.41, 5.74) is -0.0882. The molecule has 0 fully saturated rings. The average Bonchev–Trinajstić information content (AvgIpc) is 2.26. The Morgan fingerprint density at radius 2 is 2.13 bits per heavy atom. The molecule has 0 spiro atoms. The first-order chi connectivity index (χ1) is 7.29. The summed E-state index contributed by atoms with van der Waals surface area (Å²) in [4.78, 5) is 11.5. The summed E-state index contributed by atoms with van der Waals surface area (Å²) in [5.74, 6) is 0. The number of pyridine rings is 1. The van der Waals surface area contributed by atoms with Crippen LogP contribution in [0.25, 0.3) is 0 Å². The molecule has 4 nitrogen and oxygen atoms in total. The van der Waals surface area contributed by atoms with Crippen LogP contribution in [0, 0.1) is 22.7 Å². The van der Waals surface area contributed by atoms with Crippen LogP contribution < -0.4 is 5.56 Å². The third kappa shape index (κ3) is 2.96. The Morgan fingerprint density at radius 3 is 2.80 bits per heavy atom. The van der Waals surface area contributed by atoms with Gasteiger partial charge in [0.1, 0.15) is 11.6 Å². The SMILES string of the molecule is N#CCCCCn1cccc(C#N)c1=O. The molecule has 76 valence electrons. The zero-order valence-corrected chi connectivity index (χ0v) is 8.31. The highest BCUT2D eigenvalue weighted by Crippen LogP contribution is 1.97. The Balaban J connectivity index is 2.67. The van der Waals surface area contributed by atoms with Gasteiger partial charge in [-0.05, 0) is 25.0 Å². The lowest BCUT2D eigenvalue weighted by Gasteiger charge is -2.03. The van der Waals surface area contributed by atoms with Crippen LogP contribution in [0.4, 0.5) is 0 Å². The highest BCUT2D eigenvalue weighted by atomic mass is 16.1. The second kappa shape index (κ2) is 5.62. The number of unbranched alkanes of at least 4 members (excludes halogenated alkanes) is 2. The Hall–Kier alpha value is -2.07. The molecule has 0 unspecified atom stereocenters. The maximum absolute atomic E-state index is 11.5. The van der Waals surface area contributed by atoms with Crippen molar-refractivity contribution in [1.82, 2.24) is 4.57 Å². The summed E-state index contributed by atoms with van der Waals surface area (Å²) < 4.78 is 1.51. The third-order valence-corrected chi connectivity index (χ3v) is 2.08. The molecule has 1 rings (SSSR count). The number of aromatic nitrogens is 1. The Morgan fingerprint density at radius 1 is 1.33 bits per heavy atom. The van der Waals surface area contributed by atoms with Gasteiger partial charge in [0.25, 0.3) is 5.56 Å². The minimum Gasteiger partial charge on any atom is -0.314 e. The monoisotopic (exact) mass is 201 g/mol. The zero-order valence-electron chi connectivity index (χ0n) is 8.31. The summed E-state index contributed by atoms with van der Waals surface area (Å²) in [6, 6.07) is 7.10. The molecule has 0 aromatic carbocycles. The first-order valence-corrected chi connectivity index (χ1v) is 4.76. The van der Waals surface area contributed by atoms with Gasteiger partial charge in [-0.3, -0.25) is 4.79 Å². The van der Waals surface area contributed by atoms with E-state index >= 15 is 0 Å². The van der Waals surface area contributed by atoms with Crippen LogP contribution in [-0.2, 0) is 6.54 Å². The van der Waals surface area contributed by atoms with E-state index in [9.17, 15) is 4.79 Å². The minimum atomic E-state index is -0.253. The van der Waals surface area contributed by atoms with E-state index in [2.05, 4.69) is 6.07 Å².